The second-order valence-electron chi connectivity index (χ2n) is 8.21. The summed E-state index contributed by atoms with van der Waals surface area (Å²) in [5.41, 5.74) is 0.914. The molecule has 7 nitrogen and oxygen atoms in total. The molecule has 31 heavy (non-hydrogen) atoms. The van der Waals surface area contributed by atoms with E-state index in [4.69, 9.17) is 9.47 Å². The van der Waals surface area contributed by atoms with Gasteiger partial charge in [0.15, 0.2) is 11.5 Å². The fourth-order valence-corrected chi connectivity index (χ4v) is 5.41. The molecule has 1 amide bonds. The van der Waals surface area contributed by atoms with Crippen molar-refractivity contribution in [3.8, 4) is 11.5 Å². The molecule has 8 heteroatoms. The van der Waals surface area contributed by atoms with E-state index in [0.29, 0.717) is 43.9 Å². The number of methoxy groups -OCH3 is 1. The van der Waals surface area contributed by atoms with Gasteiger partial charge in [0.2, 0.25) is 15.9 Å². The Morgan fingerprint density at radius 3 is 2.68 bits per heavy atom. The summed E-state index contributed by atoms with van der Waals surface area (Å²) in [5, 5.41) is 3.04. The molecule has 0 aromatic heterocycles. The van der Waals surface area contributed by atoms with Gasteiger partial charge in [0.25, 0.3) is 0 Å². The topological polar surface area (TPSA) is 84.9 Å². The SMILES string of the molecule is CCCCCOc1ccc(C(C)NC(=O)C2CCCN(S(=O)(=O)CCC)C2)cc1OC. The number of nitrogens with one attached hydrogen (secondary N) is 1. The molecular weight excluding hydrogens is 416 g/mol. The number of carbonyl (C=O) groups excluding carboxylic acids is 1. The molecule has 1 aromatic rings. The zero-order valence-corrected chi connectivity index (χ0v) is 20.2. The number of amides is 1. The molecule has 1 aliphatic heterocycles. The third-order valence-corrected chi connectivity index (χ3v) is 7.70. The van der Waals surface area contributed by atoms with Crippen LogP contribution in [0.5, 0.6) is 11.5 Å². The quantitative estimate of drug-likeness (QED) is 0.484. The van der Waals surface area contributed by atoms with Crippen molar-refractivity contribution in [1.82, 2.24) is 9.62 Å². The van der Waals surface area contributed by atoms with E-state index in [2.05, 4.69) is 12.2 Å². The number of carbonyl (C=O) groups is 1. The molecule has 1 fully saturated rings. The molecule has 176 valence electrons. The standard InChI is InChI=1S/C23H38N2O5S/c1-5-7-8-14-30-21-12-11-19(16-22(21)29-4)18(3)24-23(26)20-10-9-13-25(17-20)31(27,28)15-6-2/h11-12,16,18,20H,5-10,13-15,17H2,1-4H3,(H,24,26). The van der Waals surface area contributed by atoms with Gasteiger partial charge in [-0.2, -0.15) is 0 Å². The zero-order chi connectivity index (χ0) is 22.9. The molecule has 1 N–H and O–H groups in total. The average molecular weight is 455 g/mol. The minimum atomic E-state index is -3.28. The van der Waals surface area contributed by atoms with Crippen molar-refractivity contribution in [3.63, 3.8) is 0 Å². The number of unbranched alkanes of at least 4 members (excludes halogenated alkanes) is 2. The molecule has 1 aromatic carbocycles. The summed E-state index contributed by atoms with van der Waals surface area (Å²) in [7, 11) is -1.68. The predicted molar refractivity (Wildman–Crippen MR) is 123 cm³/mol. The van der Waals surface area contributed by atoms with Gasteiger partial charge in [-0.05, 0) is 50.3 Å². The summed E-state index contributed by atoms with van der Waals surface area (Å²) < 4.78 is 37.5. The van der Waals surface area contributed by atoms with Crippen LogP contribution in [0.25, 0.3) is 0 Å². The normalized spacial score (nSPS) is 18.4. The number of rotatable bonds is 12. The number of benzene rings is 1. The van der Waals surface area contributed by atoms with Crippen LogP contribution in [0.3, 0.4) is 0 Å². The van der Waals surface area contributed by atoms with Crippen molar-refractivity contribution in [3.05, 3.63) is 23.8 Å². The summed E-state index contributed by atoms with van der Waals surface area (Å²) in [6, 6.07) is 5.47. The smallest absolute Gasteiger partial charge is 0.224 e. The number of sulfonamides is 1. The van der Waals surface area contributed by atoms with Crippen LogP contribution in [0.4, 0.5) is 0 Å². The maximum absolute atomic E-state index is 12.8. The summed E-state index contributed by atoms with van der Waals surface area (Å²) >= 11 is 0. The van der Waals surface area contributed by atoms with Crippen LogP contribution in [0.15, 0.2) is 18.2 Å². The Morgan fingerprint density at radius 1 is 1.23 bits per heavy atom. The second-order valence-corrected chi connectivity index (χ2v) is 10.3. The third kappa shape index (κ3) is 7.38. The molecule has 2 atom stereocenters. The van der Waals surface area contributed by atoms with Crippen LogP contribution >= 0.6 is 0 Å². The van der Waals surface area contributed by atoms with Gasteiger partial charge < -0.3 is 14.8 Å². The first-order chi connectivity index (χ1) is 14.8. The Balaban J connectivity index is 1.98. The Kier molecular flexibility index (Phi) is 10.1. The number of piperidine rings is 1. The molecule has 2 unspecified atom stereocenters. The van der Waals surface area contributed by atoms with Crippen molar-refractivity contribution in [2.75, 3.05) is 32.6 Å². The highest BCUT2D eigenvalue weighted by Crippen LogP contribution is 2.31. The number of nitrogens with zero attached hydrogens (tertiary/aromatic N) is 1. The predicted octanol–water partition coefficient (Wildman–Crippen LogP) is 3.89. The molecule has 0 saturated carbocycles. The fraction of sp³-hybridized carbons (Fsp3) is 0.696. The van der Waals surface area contributed by atoms with Crippen molar-refractivity contribution < 1.29 is 22.7 Å². The first-order valence-electron chi connectivity index (χ1n) is 11.4. The molecule has 0 radical (unpaired) electrons. The highest BCUT2D eigenvalue weighted by molar-refractivity contribution is 7.89. The molecule has 1 heterocycles. The maximum atomic E-state index is 12.8. The molecule has 1 saturated heterocycles. The summed E-state index contributed by atoms with van der Waals surface area (Å²) in [6.45, 7) is 7.33. The van der Waals surface area contributed by atoms with Gasteiger partial charge in [-0.3, -0.25) is 4.79 Å². The minimum absolute atomic E-state index is 0.109. The van der Waals surface area contributed by atoms with Gasteiger partial charge in [-0.15, -0.1) is 0 Å². The Bertz CT molecular complexity index is 812. The monoisotopic (exact) mass is 454 g/mol. The van der Waals surface area contributed by atoms with Crippen molar-refractivity contribution in [1.29, 1.82) is 0 Å². The second kappa shape index (κ2) is 12.3. The zero-order valence-electron chi connectivity index (χ0n) is 19.4. The van der Waals surface area contributed by atoms with Gasteiger partial charge >= 0.3 is 0 Å². The van der Waals surface area contributed by atoms with E-state index in [1.807, 2.05) is 32.0 Å². The lowest BCUT2D eigenvalue weighted by Gasteiger charge is -2.31. The van der Waals surface area contributed by atoms with E-state index < -0.39 is 10.0 Å². The fourth-order valence-electron chi connectivity index (χ4n) is 3.82. The van der Waals surface area contributed by atoms with Crippen LogP contribution in [-0.2, 0) is 14.8 Å². The van der Waals surface area contributed by atoms with Crippen molar-refractivity contribution in [2.45, 2.75) is 65.3 Å². The number of ether oxygens (including phenoxy) is 2. The van der Waals surface area contributed by atoms with Crippen molar-refractivity contribution in [2.24, 2.45) is 5.92 Å². The lowest BCUT2D eigenvalue weighted by Crippen LogP contribution is -2.46. The Labute approximate surface area is 187 Å². The summed E-state index contributed by atoms with van der Waals surface area (Å²) in [6.07, 6.45) is 5.24. The third-order valence-electron chi connectivity index (χ3n) is 5.66. The van der Waals surface area contributed by atoms with Gasteiger partial charge in [0.1, 0.15) is 0 Å². The largest absolute Gasteiger partial charge is 0.493 e. The van der Waals surface area contributed by atoms with Crippen LogP contribution in [0, 0.1) is 5.92 Å². The molecule has 1 aliphatic rings. The van der Waals surface area contributed by atoms with E-state index in [0.717, 1.165) is 24.8 Å². The lowest BCUT2D eigenvalue weighted by atomic mass is 9.98. The van der Waals surface area contributed by atoms with Crippen LogP contribution in [0.2, 0.25) is 0 Å². The molecular formula is C23H38N2O5S. The van der Waals surface area contributed by atoms with Gasteiger partial charge in [-0.1, -0.05) is 32.8 Å². The van der Waals surface area contributed by atoms with Gasteiger partial charge in [0.05, 0.1) is 31.4 Å². The van der Waals surface area contributed by atoms with Gasteiger partial charge in [-0.25, -0.2) is 12.7 Å². The molecule has 0 aliphatic carbocycles. The lowest BCUT2D eigenvalue weighted by molar-refractivity contribution is -0.126. The number of hydrogen-bond donors (Lipinski definition) is 1. The first-order valence-corrected chi connectivity index (χ1v) is 13.0. The molecule has 2 rings (SSSR count). The maximum Gasteiger partial charge on any atom is 0.224 e. The molecule has 0 spiro atoms. The highest BCUT2D eigenvalue weighted by atomic mass is 32.2. The van der Waals surface area contributed by atoms with E-state index in [1.165, 1.54) is 4.31 Å². The average Bonchev–Trinajstić information content (AvgIpc) is 2.76. The Morgan fingerprint density at radius 2 is 2.00 bits per heavy atom. The van der Waals surface area contributed by atoms with E-state index >= 15 is 0 Å². The van der Waals surface area contributed by atoms with Crippen LogP contribution < -0.4 is 14.8 Å². The molecule has 0 bridgehead atoms. The summed E-state index contributed by atoms with van der Waals surface area (Å²) in [5.74, 6) is 1.04. The minimum Gasteiger partial charge on any atom is -0.493 e. The van der Waals surface area contributed by atoms with Gasteiger partial charge in [0, 0.05) is 13.1 Å². The van der Waals surface area contributed by atoms with Crippen LogP contribution in [0.1, 0.15) is 70.9 Å². The van der Waals surface area contributed by atoms with E-state index in [1.54, 1.807) is 7.11 Å². The van der Waals surface area contributed by atoms with E-state index in [9.17, 15) is 13.2 Å². The first kappa shape index (κ1) is 25.5. The number of hydrogen-bond acceptors (Lipinski definition) is 5. The van der Waals surface area contributed by atoms with Crippen molar-refractivity contribution >= 4 is 15.9 Å². The van der Waals surface area contributed by atoms with E-state index in [-0.39, 0.29) is 30.2 Å². The Hall–Kier alpha value is -1.80. The van der Waals surface area contributed by atoms with Crippen LogP contribution in [-0.4, -0.2) is 51.2 Å². The summed E-state index contributed by atoms with van der Waals surface area (Å²) in [4.78, 5) is 12.8. The highest BCUT2D eigenvalue weighted by Gasteiger charge is 2.32.